The second kappa shape index (κ2) is 38.7. The monoisotopic (exact) mass is 936 g/mol. The Morgan fingerprint density at radius 1 is 0.672 bits per heavy atom. The highest BCUT2D eigenvalue weighted by Crippen LogP contribution is 2.07. The first kappa shape index (κ1) is 58.5. The van der Waals surface area contributed by atoms with Gasteiger partial charge >= 0.3 is 41.8 Å². The summed E-state index contributed by atoms with van der Waals surface area (Å²) in [6.45, 7) is 5.99. The zero-order valence-electron chi connectivity index (χ0n) is 38.2. The molecule has 3 aliphatic rings. The van der Waals surface area contributed by atoms with Crippen molar-refractivity contribution in [1.29, 1.82) is 0 Å². The molecular formula is C50H64O17. The summed E-state index contributed by atoms with van der Waals surface area (Å²) in [5, 5.41) is 26.0. The maximum Gasteiger partial charge on any atom is 0.338 e. The fraction of sp³-hybridized carbons (Fsp3) is 0.420. The van der Waals surface area contributed by atoms with Crippen LogP contribution < -0.4 is 0 Å². The Morgan fingerprint density at radius 2 is 1.13 bits per heavy atom. The smallest absolute Gasteiger partial charge is 0.338 e. The van der Waals surface area contributed by atoms with Gasteiger partial charge in [0.05, 0.1) is 38.6 Å². The predicted octanol–water partition coefficient (Wildman–Crippen LogP) is 5.74. The first-order valence-corrected chi connectivity index (χ1v) is 21.9. The van der Waals surface area contributed by atoms with Crippen LogP contribution in [0.25, 0.3) is 0 Å². The molecule has 0 radical (unpaired) electrons. The van der Waals surface area contributed by atoms with Crippen LogP contribution in [-0.4, -0.2) is 102 Å². The summed E-state index contributed by atoms with van der Waals surface area (Å²) in [4.78, 5) is 75.4. The van der Waals surface area contributed by atoms with E-state index in [-0.39, 0.29) is 57.4 Å². The topological polar surface area (TPSA) is 248 Å². The number of cyclic esters (lactones) is 3. The average Bonchev–Trinajstić information content (AvgIpc) is 4.04. The van der Waals surface area contributed by atoms with Crippen LogP contribution in [-0.2, 0) is 86.5 Å². The molecule has 3 aromatic rings. The van der Waals surface area contributed by atoms with Gasteiger partial charge in [0.25, 0.3) is 0 Å². The number of carbonyl (C=O) groups is 7. The van der Waals surface area contributed by atoms with E-state index in [9.17, 15) is 33.6 Å². The van der Waals surface area contributed by atoms with Crippen LogP contribution >= 0.6 is 0 Å². The highest BCUT2D eigenvalue weighted by molar-refractivity contribution is 6.04. The molecule has 366 valence electrons. The maximum atomic E-state index is 11.6. The molecule has 3 aromatic carbocycles. The molecule has 3 aliphatic heterocycles. The molecule has 2 unspecified atom stereocenters. The Hall–Kier alpha value is -6.53. The summed E-state index contributed by atoms with van der Waals surface area (Å²) >= 11 is 0. The van der Waals surface area contributed by atoms with Crippen LogP contribution in [0.2, 0.25) is 0 Å². The van der Waals surface area contributed by atoms with Crippen molar-refractivity contribution in [2.75, 3.05) is 33.0 Å². The number of benzene rings is 3. The van der Waals surface area contributed by atoms with Gasteiger partial charge in [-0.15, -0.1) is 0 Å². The second-order valence-corrected chi connectivity index (χ2v) is 14.4. The molecule has 17 nitrogen and oxygen atoms in total. The molecule has 2 fully saturated rings. The van der Waals surface area contributed by atoms with Crippen molar-refractivity contribution < 1.29 is 82.0 Å². The third kappa shape index (κ3) is 37.4. The summed E-state index contributed by atoms with van der Waals surface area (Å²) in [7, 11) is 0. The van der Waals surface area contributed by atoms with Crippen molar-refractivity contribution in [2.24, 2.45) is 0 Å². The fourth-order valence-corrected chi connectivity index (χ4v) is 4.59. The van der Waals surface area contributed by atoms with Crippen molar-refractivity contribution in [1.82, 2.24) is 0 Å². The van der Waals surface area contributed by atoms with E-state index in [1.165, 1.54) is 6.92 Å². The number of unbranched alkanes of at least 4 members (excludes halogenated alkanes) is 2. The zero-order chi connectivity index (χ0) is 49.3. The summed E-state index contributed by atoms with van der Waals surface area (Å²) in [6, 6.07) is 28.5. The third-order valence-corrected chi connectivity index (χ3v) is 8.24. The molecule has 0 amide bonds. The van der Waals surface area contributed by atoms with Crippen LogP contribution in [0.5, 0.6) is 0 Å². The molecule has 6 rings (SSSR count). The molecule has 3 N–H and O–H groups in total. The van der Waals surface area contributed by atoms with Crippen molar-refractivity contribution in [3.8, 4) is 0 Å². The number of hydrogen-bond acceptors (Lipinski definition) is 17. The van der Waals surface area contributed by atoms with Gasteiger partial charge in [-0.3, -0.25) is 14.4 Å². The first-order chi connectivity index (χ1) is 32.3. The number of carbonyl (C=O) groups excluding carboxylic acids is 7. The lowest BCUT2D eigenvalue weighted by atomic mass is 10.2. The van der Waals surface area contributed by atoms with E-state index in [0.717, 1.165) is 60.4 Å². The molecule has 67 heavy (non-hydrogen) atoms. The van der Waals surface area contributed by atoms with E-state index in [4.69, 9.17) is 34.3 Å². The van der Waals surface area contributed by atoms with E-state index in [0.29, 0.717) is 57.8 Å². The van der Waals surface area contributed by atoms with Gasteiger partial charge in [-0.1, -0.05) is 91.0 Å². The Bertz CT molecular complexity index is 1870. The number of rotatable bonds is 18. The number of ether oxygens (including phenoxy) is 7. The quantitative estimate of drug-likeness (QED) is 0.0344. The minimum Gasteiger partial charge on any atom is -0.466 e. The van der Waals surface area contributed by atoms with Crippen LogP contribution in [0.3, 0.4) is 0 Å². The Balaban J connectivity index is 0.000000454. The summed E-state index contributed by atoms with van der Waals surface area (Å²) in [6.07, 6.45) is 9.57. The van der Waals surface area contributed by atoms with Crippen molar-refractivity contribution >= 4 is 41.8 Å². The molecule has 3 heterocycles. The number of epoxide rings is 1. The lowest BCUT2D eigenvalue weighted by Gasteiger charge is -2.08. The van der Waals surface area contributed by atoms with Gasteiger partial charge in [-0.25, -0.2) is 19.2 Å². The standard InChI is InChI=1S/C19H24O7.C12H16O3.C7H8O.C5H8O2.C4H2O3.C3H6O/c1-15(20)13-25-19(23)11-10-18(22)24-12-6-5-9-17(21)26-14-16-7-3-2-4-8-16;13-9-5-4-8-12(14)15-10-11-6-2-1-3-7-11;8-6-7-4-2-1-3-5-7;6-5-3-1-2-4-7-5;5-3-1-2-4(6)7-3;1-3-2-4-3/h2-4,7-8,10-11,15,20H,5-6,9,12-14H2,1H3;1-3,6-7,13H,4-5,8-10H2;1-5,8H,6H2;1-4H2;1-2H;3H,2H2,1H3/b11-10-;;;;;. The number of aliphatic hydroxyl groups is 3. The molecule has 0 bridgehead atoms. The van der Waals surface area contributed by atoms with Crippen LogP contribution in [0.4, 0.5) is 0 Å². The minimum absolute atomic E-state index is 0.0359. The molecular weight excluding hydrogens is 873 g/mol. The van der Waals surface area contributed by atoms with Gasteiger partial charge in [0.1, 0.15) is 19.8 Å². The van der Waals surface area contributed by atoms with Crippen molar-refractivity contribution in [2.45, 2.75) is 104 Å². The second-order valence-electron chi connectivity index (χ2n) is 14.4. The van der Waals surface area contributed by atoms with Crippen molar-refractivity contribution in [3.63, 3.8) is 0 Å². The van der Waals surface area contributed by atoms with Crippen LogP contribution in [0.15, 0.2) is 115 Å². The van der Waals surface area contributed by atoms with Gasteiger partial charge in [0.15, 0.2) is 0 Å². The Kier molecular flexibility index (Phi) is 33.8. The third-order valence-electron chi connectivity index (χ3n) is 8.24. The molecule has 0 saturated carbocycles. The molecule has 2 saturated heterocycles. The predicted molar refractivity (Wildman–Crippen MR) is 243 cm³/mol. The van der Waals surface area contributed by atoms with Gasteiger partial charge < -0.3 is 48.5 Å². The number of esters is 7. The average molecular weight is 937 g/mol. The van der Waals surface area contributed by atoms with E-state index >= 15 is 0 Å². The number of aliphatic hydroxyl groups excluding tert-OH is 3. The normalized spacial score (nSPS) is 14.3. The van der Waals surface area contributed by atoms with E-state index < -0.39 is 30.0 Å². The lowest BCUT2D eigenvalue weighted by Crippen LogP contribution is -2.14. The molecule has 17 heteroatoms. The maximum absolute atomic E-state index is 11.6. The van der Waals surface area contributed by atoms with Crippen LogP contribution in [0, 0.1) is 0 Å². The number of hydrogen-bond donors (Lipinski definition) is 3. The van der Waals surface area contributed by atoms with Gasteiger partial charge in [-0.05, 0) is 69.1 Å². The van der Waals surface area contributed by atoms with E-state index in [2.05, 4.69) is 21.1 Å². The first-order valence-electron chi connectivity index (χ1n) is 21.9. The van der Waals surface area contributed by atoms with Gasteiger partial charge in [0.2, 0.25) is 0 Å². The fourth-order valence-electron chi connectivity index (χ4n) is 4.59. The minimum atomic E-state index is -0.765. The highest BCUT2D eigenvalue weighted by Gasteiger charge is 2.13. The zero-order valence-corrected chi connectivity index (χ0v) is 38.2. The van der Waals surface area contributed by atoms with Crippen molar-refractivity contribution in [3.05, 3.63) is 132 Å². The highest BCUT2D eigenvalue weighted by atomic mass is 16.6. The SMILES string of the molecule is CC(O)COC(=O)/C=C\C(=O)OCCCCC(=O)OCc1ccccc1.CC1CO1.O=C(CCCCO)OCc1ccccc1.O=C1C=CC(=O)O1.O=C1CCCCO1.OCc1ccccc1. The molecule has 0 spiro atoms. The summed E-state index contributed by atoms with van der Waals surface area (Å²) in [5.41, 5.74) is 2.88. The summed E-state index contributed by atoms with van der Waals surface area (Å²) < 4.78 is 33.0. The summed E-state index contributed by atoms with van der Waals surface area (Å²) in [5.74, 6) is -3.11. The molecule has 2 atom stereocenters. The largest absolute Gasteiger partial charge is 0.466 e. The molecule has 0 aliphatic carbocycles. The Morgan fingerprint density at radius 3 is 1.48 bits per heavy atom. The molecule has 0 aromatic heterocycles. The van der Waals surface area contributed by atoms with E-state index in [1.54, 1.807) is 0 Å². The van der Waals surface area contributed by atoms with Crippen LogP contribution in [0.1, 0.15) is 88.3 Å². The van der Waals surface area contributed by atoms with Gasteiger partial charge in [-0.2, -0.15) is 0 Å². The van der Waals surface area contributed by atoms with Gasteiger partial charge in [0, 0.05) is 50.2 Å². The van der Waals surface area contributed by atoms with E-state index in [1.807, 2.05) is 91.0 Å². The Labute approximate surface area is 391 Å². The lowest BCUT2D eigenvalue weighted by molar-refractivity contribution is -0.150.